The molecule has 1 aromatic carbocycles. The summed E-state index contributed by atoms with van der Waals surface area (Å²) >= 11 is 0. The van der Waals surface area contributed by atoms with Crippen LogP contribution in [0, 0.1) is 6.92 Å². The summed E-state index contributed by atoms with van der Waals surface area (Å²) in [6.45, 7) is 2.41. The van der Waals surface area contributed by atoms with Gasteiger partial charge >= 0.3 is 0 Å². The quantitative estimate of drug-likeness (QED) is 0.726. The average molecular weight is 317 g/mol. The molecule has 0 unspecified atom stereocenters. The van der Waals surface area contributed by atoms with Crippen molar-refractivity contribution in [2.45, 2.75) is 26.3 Å². The molecule has 7 heteroatoms. The zero-order valence-corrected chi connectivity index (χ0v) is 12.9. The minimum atomic E-state index is -2.60. The van der Waals surface area contributed by atoms with Crippen molar-refractivity contribution >= 4 is 0 Å². The summed E-state index contributed by atoms with van der Waals surface area (Å²) in [4.78, 5) is 4.37. The third-order valence-corrected chi connectivity index (χ3v) is 3.58. The summed E-state index contributed by atoms with van der Waals surface area (Å²) in [5.41, 5.74) is 1.47. The zero-order chi connectivity index (χ0) is 16.4. The number of aromatic nitrogens is 5. The fourth-order valence-corrected chi connectivity index (χ4v) is 2.49. The van der Waals surface area contributed by atoms with Gasteiger partial charge in [0.1, 0.15) is 17.2 Å². The summed E-state index contributed by atoms with van der Waals surface area (Å²) in [5, 5.41) is 8.21. The van der Waals surface area contributed by atoms with E-state index in [4.69, 9.17) is 0 Å². The van der Waals surface area contributed by atoms with Crippen LogP contribution in [0.2, 0.25) is 0 Å². The first kappa shape index (κ1) is 15.3. The summed E-state index contributed by atoms with van der Waals surface area (Å²) in [6, 6.07) is 11.4. The maximum absolute atomic E-state index is 12.8. The first-order valence-electron chi connectivity index (χ1n) is 7.32. The van der Waals surface area contributed by atoms with Crippen LogP contribution in [0.5, 0.6) is 0 Å². The first-order chi connectivity index (χ1) is 11.0. The summed E-state index contributed by atoms with van der Waals surface area (Å²) in [5.74, 6) is 1.16. The van der Waals surface area contributed by atoms with Crippen LogP contribution in [0.15, 0.2) is 36.4 Å². The van der Waals surface area contributed by atoms with Crippen molar-refractivity contribution in [1.29, 1.82) is 0 Å². The number of halogens is 2. The van der Waals surface area contributed by atoms with E-state index in [1.165, 1.54) is 16.3 Å². The zero-order valence-electron chi connectivity index (χ0n) is 12.9. The summed E-state index contributed by atoms with van der Waals surface area (Å²) in [7, 11) is 1.63. The lowest BCUT2D eigenvalue weighted by Gasteiger charge is -2.06. The van der Waals surface area contributed by atoms with Gasteiger partial charge in [-0.3, -0.25) is 4.68 Å². The molecule has 0 N–H and O–H groups in total. The van der Waals surface area contributed by atoms with Crippen molar-refractivity contribution in [3.05, 3.63) is 53.5 Å². The minimum Gasteiger partial charge on any atom is -0.264 e. The molecule has 5 nitrogen and oxygen atoms in total. The Hall–Kier alpha value is -2.57. The molecule has 2 aromatic heterocycles. The second-order valence-corrected chi connectivity index (χ2v) is 5.32. The van der Waals surface area contributed by atoms with E-state index in [-0.39, 0.29) is 5.69 Å². The summed E-state index contributed by atoms with van der Waals surface area (Å²) < 4.78 is 28.8. The molecule has 0 spiro atoms. The minimum absolute atomic E-state index is 0.252. The van der Waals surface area contributed by atoms with Gasteiger partial charge in [0, 0.05) is 13.6 Å². The van der Waals surface area contributed by atoms with Crippen LogP contribution >= 0.6 is 0 Å². The number of hydrogen-bond acceptors (Lipinski definition) is 3. The SMILES string of the molecule is Cc1nc(-c2cc(C(F)F)nn2C)n(CCc2ccccc2)n1. The molecular weight excluding hydrogens is 300 g/mol. The number of rotatable bonds is 5. The van der Waals surface area contributed by atoms with Crippen LogP contribution in [0.4, 0.5) is 8.78 Å². The second-order valence-electron chi connectivity index (χ2n) is 5.32. The van der Waals surface area contributed by atoms with Gasteiger partial charge in [-0.25, -0.2) is 18.4 Å². The van der Waals surface area contributed by atoms with Gasteiger partial charge in [0.25, 0.3) is 6.43 Å². The molecule has 2 heterocycles. The Morgan fingerprint density at radius 3 is 2.52 bits per heavy atom. The molecule has 3 rings (SSSR count). The molecule has 120 valence electrons. The van der Waals surface area contributed by atoms with Gasteiger partial charge in [-0.05, 0) is 25.0 Å². The van der Waals surface area contributed by atoms with Gasteiger partial charge in [0.2, 0.25) is 0 Å². The van der Waals surface area contributed by atoms with Gasteiger partial charge in [0.05, 0.1) is 0 Å². The third kappa shape index (κ3) is 3.28. The maximum Gasteiger partial charge on any atom is 0.282 e. The highest BCUT2D eigenvalue weighted by Gasteiger charge is 2.19. The fourth-order valence-electron chi connectivity index (χ4n) is 2.49. The fraction of sp³-hybridized carbons (Fsp3) is 0.312. The Labute approximate surface area is 132 Å². The Morgan fingerprint density at radius 1 is 1.13 bits per heavy atom. The normalized spacial score (nSPS) is 11.3. The Bertz CT molecular complexity index is 792. The molecule has 0 radical (unpaired) electrons. The molecule has 0 saturated heterocycles. The van der Waals surface area contributed by atoms with Gasteiger partial charge in [-0.15, -0.1) is 0 Å². The number of aryl methyl sites for hydroxylation is 4. The van der Waals surface area contributed by atoms with E-state index >= 15 is 0 Å². The van der Waals surface area contributed by atoms with E-state index in [1.54, 1.807) is 18.7 Å². The van der Waals surface area contributed by atoms with Crippen LogP contribution < -0.4 is 0 Å². The van der Waals surface area contributed by atoms with E-state index in [2.05, 4.69) is 15.2 Å². The monoisotopic (exact) mass is 317 g/mol. The van der Waals surface area contributed by atoms with Crippen molar-refractivity contribution in [2.24, 2.45) is 7.05 Å². The highest BCUT2D eigenvalue weighted by molar-refractivity contribution is 5.51. The largest absolute Gasteiger partial charge is 0.282 e. The van der Waals surface area contributed by atoms with Gasteiger partial charge in [-0.2, -0.15) is 10.2 Å². The number of nitrogens with zero attached hydrogens (tertiary/aromatic N) is 5. The molecular formula is C16H17F2N5. The second kappa shape index (κ2) is 6.28. The lowest BCUT2D eigenvalue weighted by atomic mass is 10.1. The van der Waals surface area contributed by atoms with Crippen molar-refractivity contribution in [1.82, 2.24) is 24.5 Å². The molecule has 0 aliphatic rings. The van der Waals surface area contributed by atoms with Gasteiger partial charge in [0.15, 0.2) is 5.82 Å². The highest BCUT2D eigenvalue weighted by Crippen LogP contribution is 2.24. The molecule has 0 aliphatic carbocycles. The van der Waals surface area contributed by atoms with Crippen LogP contribution in [-0.4, -0.2) is 24.5 Å². The van der Waals surface area contributed by atoms with Crippen LogP contribution in [-0.2, 0) is 20.0 Å². The van der Waals surface area contributed by atoms with E-state index in [0.717, 1.165) is 6.42 Å². The van der Waals surface area contributed by atoms with E-state index < -0.39 is 6.43 Å². The molecule has 3 aromatic rings. The Balaban J connectivity index is 1.89. The molecule has 0 amide bonds. The number of benzene rings is 1. The molecule has 0 fully saturated rings. The molecule has 0 atom stereocenters. The van der Waals surface area contributed by atoms with Crippen molar-refractivity contribution < 1.29 is 8.78 Å². The average Bonchev–Trinajstić information content (AvgIpc) is 3.09. The predicted octanol–water partition coefficient (Wildman–Crippen LogP) is 3.17. The smallest absolute Gasteiger partial charge is 0.264 e. The first-order valence-corrected chi connectivity index (χ1v) is 7.32. The maximum atomic E-state index is 12.8. The molecule has 0 aliphatic heterocycles. The van der Waals surface area contributed by atoms with Crippen molar-refractivity contribution in [3.63, 3.8) is 0 Å². The van der Waals surface area contributed by atoms with Crippen LogP contribution in [0.1, 0.15) is 23.5 Å². The number of alkyl halides is 2. The third-order valence-electron chi connectivity index (χ3n) is 3.58. The molecule has 0 bridgehead atoms. The predicted molar refractivity (Wildman–Crippen MR) is 82.1 cm³/mol. The number of hydrogen-bond donors (Lipinski definition) is 0. The summed E-state index contributed by atoms with van der Waals surface area (Å²) in [6.07, 6.45) is -1.81. The topological polar surface area (TPSA) is 48.5 Å². The van der Waals surface area contributed by atoms with Gasteiger partial charge in [-0.1, -0.05) is 30.3 Å². The lowest BCUT2D eigenvalue weighted by Crippen LogP contribution is -2.07. The van der Waals surface area contributed by atoms with Crippen molar-refractivity contribution in [2.75, 3.05) is 0 Å². The highest BCUT2D eigenvalue weighted by atomic mass is 19.3. The van der Waals surface area contributed by atoms with E-state index in [1.807, 2.05) is 30.3 Å². The van der Waals surface area contributed by atoms with Crippen molar-refractivity contribution in [3.8, 4) is 11.5 Å². The van der Waals surface area contributed by atoms with Gasteiger partial charge < -0.3 is 0 Å². The van der Waals surface area contributed by atoms with E-state index in [9.17, 15) is 8.78 Å². The lowest BCUT2D eigenvalue weighted by molar-refractivity contribution is 0.145. The van der Waals surface area contributed by atoms with Crippen LogP contribution in [0.3, 0.4) is 0 Å². The standard InChI is InChI=1S/C16H17F2N5/c1-11-19-16(14-10-13(15(17)18)21-22(14)2)23(20-11)9-8-12-6-4-3-5-7-12/h3-7,10,15H,8-9H2,1-2H3. The van der Waals surface area contributed by atoms with E-state index in [0.29, 0.717) is 23.9 Å². The molecule has 0 saturated carbocycles. The Morgan fingerprint density at radius 2 is 1.87 bits per heavy atom. The Kier molecular flexibility index (Phi) is 4.18. The molecule has 23 heavy (non-hydrogen) atoms. The van der Waals surface area contributed by atoms with Crippen LogP contribution in [0.25, 0.3) is 11.5 Å².